The van der Waals surface area contributed by atoms with Crippen LogP contribution >= 0.6 is 11.6 Å². The van der Waals surface area contributed by atoms with Gasteiger partial charge in [0.05, 0.1) is 6.54 Å². The molecule has 4 rings (SSSR count). The fourth-order valence-electron chi connectivity index (χ4n) is 2.79. The minimum atomic E-state index is -0.327. The van der Waals surface area contributed by atoms with Crippen molar-refractivity contribution in [2.75, 3.05) is 0 Å². The molecule has 5 nitrogen and oxygen atoms in total. The number of fused-ring (bicyclic) bond motifs is 1. The Bertz CT molecular complexity index is 962. The number of aromatic nitrogens is 2. The number of benzene rings is 1. The molecule has 0 aliphatic carbocycles. The molecule has 3 heterocycles. The number of carbonyl (C=O) groups is 1. The zero-order valence-electron chi connectivity index (χ0n) is 13.5. The van der Waals surface area contributed by atoms with Gasteiger partial charge in [0.25, 0.3) is 5.91 Å². The summed E-state index contributed by atoms with van der Waals surface area (Å²) in [6.45, 7) is 0.836. The second-order valence-electron chi connectivity index (χ2n) is 5.85. The number of hydrogen-bond acceptors (Lipinski definition) is 4. The molecule has 7 heteroatoms. The zero-order valence-corrected chi connectivity index (χ0v) is 14.3. The van der Waals surface area contributed by atoms with Gasteiger partial charge in [-0.3, -0.25) is 4.79 Å². The van der Waals surface area contributed by atoms with E-state index in [0.717, 1.165) is 11.1 Å². The van der Waals surface area contributed by atoms with Crippen molar-refractivity contribution in [3.8, 4) is 11.6 Å². The average Bonchev–Trinajstić information content (AvgIpc) is 2.96. The molecule has 0 saturated heterocycles. The molecule has 1 amide bonds. The van der Waals surface area contributed by atoms with E-state index in [0.29, 0.717) is 35.4 Å². The Balaban J connectivity index is 1.44. The van der Waals surface area contributed by atoms with Gasteiger partial charge >= 0.3 is 0 Å². The third-order valence-electron chi connectivity index (χ3n) is 4.08. The first kappa shape index (κ1) is 16.5. The van der Waals surface area contributed by atoms with Gasteiger partial charge in [0, 0.05) is 36.1 Å². The fraction of sp³-hybridized carbons (Fsp3) is 0.105. The third-order valence-corrected chi connectivity index (χ3v) is 4.40. The van der Waals surface area contributed by atoms with E-state index in [2.05, 4.69) is 9.97 Å². The molecule has 26 heavy (non-hydrogen) atoms. The van der Waals surface area contributed by atoms with Gasteiger partial charge in [-0.1, -0.05) is 17.7 Å². The molecule has 1 aliphatic heterocycles. The van der Waals surface area contributed by atoms with Crippen LogP contribution in [0.5, 0.6) is 11.6 Å². The van der Waals surface area contributed by atoms with Crippen molar-refractivity contribution >= 4 is 17.5 Å². The van der Waals surface area contributed by atoms with E-state index in [1.165, 1.54) is 30.5 Å². The quantitative estimate of drug-likeness (QED) is 0.646. The molecule has 0 N–H and O–H groups in total. The summed E-state index contributed by atoms with van der Waals surface area (Å²) in [5.74, 6) is 0.491. The largest absolute Gasteiger partial charge is 0.439 e. The Hall–Kier alpha value is -2.99. The summed E-state index contributed by atoms with van der Waals surface area (Å²) in [6, 6.07) is 10.9. The van der Waals surface area contributed by atoms with Crippen LogP contribution in [0.15, 0.2) is 54.9 Å². The van der Waals surface area contributed by atoms with E-state index in [1.54, 1.807) is 23.2 Å². The highest BCUT2D eigenvalue weighted by atomic mass is 35.5. The lowest BCUT2D eigenvalue weighted by molar-refractivity contribution is 0.0766. The van der Waals surface area contributed by atoms with Gasteiger partial charge in [0.15, 0.2) is 0 Å². The van der Waals surface area contributed by atoms with E-state index in [9.17, 15) is 9.18 Å². The number of carbonyl (C=O) groups excluding carboxylic acids is 1. The molecule has 3 aromatic rings. The molecule has 1 aromatic carbocycles. The summed E-state index contributed by atoms with van der Waals surface area (Å²) in [7, 11) is 0. The van der Waals surface area contributed by atoms with Crippen molar-refractivity contribution in [2.45, 2.75) is 13.1 Å². The van der Waals surface area contributed by atoms with E-state index in [-0.39, 0.29) is 11.7 Å². The van der Waals surface area contributed by atoms with Crippen molar-refractivity contribution in [3.05, 3.63) is 82.5 Å². The summed E-state index contributed by atoms with van der Waals surface area (Å²) >= 11 is 6.07. The van der Waals surface area contributed by atoms with Crippen LogP contribution in [-0.4, -0.2) is 20.8 Å². The number of hydrogen-bond donors (Lipinski definition) is 0. The number of rotatable bonds is 4. The summed E-state index contributed by atoms with van der Waals surface area (Å²) in [4.78, 5) is 22.4. The highest BCUT2D eigenvalue weighted by Crippen LogP contribution is 2.28. The van der Waals surface area contributed by atoms with Gasteiger partial charge in [0.1, 0.15) is 16.7 Å². The minimum Gasteiger partial charge on any atom is -0.439 e. The standard InChI is InChI=1S/C19H13ClFN3O2/c20-18-16-11-24(19(25)15(16)7-8-22-18)10-12-1-6-17(23-9-12)26-14-4-2-13(21)3-5-14/h1-9H,10-11H2. The molecule has 0 bridgehead atoms. The minimum absolute atomic E-state index is 0.0732. The number of ether oxygens (including phenoxy) is 1. The van der Waals surface area contributed by atoms with Gasteiger partial charge in [-0.2, -0.15) is 0 Å². The molecule has 130 valence electrons. The lowest BCUT2D eigenvalue weighted by atomic mass is 10.2. The Morgan fingerprint density at radius 2 is 1.92 bits per heavy atom. The maximum Gasteiger partial charge on any atom is 0.254 e. The highest BCUT2D eigenvalue weighted by molar-refractivity contribution is 6.30. The van der Waals surface area contributed by atoms with E-state index in [1.807, 2.05) is 6.07 Å². The molecule has 0 spiro atoms. The van der Waals surface area contributed by atoms with Crippen LogP contribution in [0.4, 0.5) is 4.39 Å². The van der Waals surface area contributed by atoms with E-state index < -0.39 is 0 Å². The summed E-state index contributed by atoms with van der Waals surface area (Å²) in [6.07, 6.45) is 3.18. The summed E-state index contributed by atoms with van der Waals surface area (Å²) in [5, 5.41) is 0.361. The van der Waals surface area contributed by atoms with Crippen molar-refractivity contribution in [2.24, 2.45) is 0 Å². The maximum absolute atomic E-state index is 12.9. The second-order valence-corrected chi connectivity index (χ2v) is 6.21. The first-order valence-corrected chi connectivity index (χ1v) is 8.29. The molecule has 0 saturated carbocycles. The predicted molar refractivity (Wildman–Crippen MR) is 93.5 cm³/mol. The monoisotopic (exact) mass is 369 g/mol. The van der Waals surface area contributed by atoms with Crippen LogP contribution in [0, 0.1) is 5.82 Å². The number of nitrogens with zero attached hydrogens (tertiary/aromatic N) is 3. The lowest BCUT2D eigenvalue weighted by Gasteiger charge is -2.15. The first-order chi connectivity index (χ1) is 12.6. The smallest absolute Gasteiger partial charge is 0.254 e. The second kappa shape index (κ2) is 6.72. The molecule has 2 aromatic heterocycles. The number of pyridine rings is 2. The Kier molecular flexibility index (Phi) is 4.26. The van der Waals surface area contributed by atoms with Crippen molar-refractivity contribution < 1.29 is 13.9 Å². The predicted octanol–water partition coefficient (Wildman–Crippen LogP) is 4.22. The van der Waals surface area contributed by atoms with Gasteiger partial charge in [-0.05, 0) is 35.9 Å². The van der Waals surface area contributed by atoms with Crippen LogP contribution in [0.1, 0.15) is 21.5 Å². The number of halogens is 2. The Morgan fingerprint density at radius 3 is 2.62 bits per heavy atom. The summed E-state index contributed by atoms with van der Waals surface area (Å²) in [5.41, 5.74) is 2.21. The van der Waals surface area contributed by atoms with E-state index >= 15 is 0 Å². The summed E-state index contributed by atoms with van der Waals surface area (Å²) < 4.78 is 18.5. The molecule has 0 fully saturated rings. The van der Waals surface area contributed by atoms with Gasteiger partial charge in [-0.25, -0.2) is 14.4 Å². The molecule has 1 aliphatic rings. The van der Waals surface area contributed by atoms with Crippen LogP contribution in [0.2, 0.25) is 5.15 Å². The maximum atomic E-state index is 12.9. The van der Waals surface area contributed by atoms with Crippen molar-refractivity contribution in [1.29, 1.82) is 0 Å². The molecular formula is C19H13ClFN3O2. The first-order valence-electron chi connectivity index (χ1n) is 7.91. The normalized spacial score (nSPS) is 13.0. The third kappa shape index (κ3) is 3.23. The average molecular weight is 370 g/mol. The SMILES string of the molecule is O=C1c2ccnc(Cl)c2CN1Cc1ccc(Oc2ccc(F)cc2)nc1. The fourth-order valence-corrected chi connectivity index (χ4v) is 3.00. The molecular weight excluding hydrogens is 357 g/mol. The highest BCUT2D eigenvalue weighted by Gasteiger charge is 2.29. The van der Waals surface area contributed by atoms with Gasteiger partial charge in [-0.15, -0.1) is 0 Å². The Morgan fingerprint density at radius 1 is 1.12 bits per heavy atom. The molecule has 0 atom stereocenters. The molecule has 0 radical (unpaired) electrons. The van der Waals surface area contributed by atoms with Crippen molar-refractivity contribution in [3.63, 3.8) is 0 Å². The number of amides is 1. The topological polar surface area (TPSA) is 55.3 Å². The lowest BCUT2D eigenvalue weighted by Crippen LogP contribution is -2.23. The Labute approximate surface area is 154 Å². The van der Waals surface area contributed by atoms with Gasteiger partial charge in [0.2, 0.25) is 5.88 Å². The van der Waals surface area contributed by atoms with E-state index in [4.69, 9.17) is 16.3 Å². The van der Waals surface area contributed by atoms with Crippen LogP contribution in [0.3, 0.4) is 0 Å². The zero-order chi connectivity index (χ0) is 18.1. The van der Waals surface area contributed by atoms with Crippen molar-refractivity contribution in [1.82, 2.24) is 14.9 Å². The molecule has 0 unspecified atom stereocenters. The van der Waals surface area contributed by atoms with Gasteiger partial charge < -0.3 is 9.64 Å². The van der Waals surface area contributed by atoms with Crippen LogP contribution < -0.4 is 4.74 Å². The van der Waals surface area contributed by atoms with Crippen LogP contribution in [-0.2, 0) is 13.1 Å². The van der Waals surface area contributed by atoms with Crippen LogP contribution in [0.25, 0.3) is 0 Å².